The summed E-state index contributed by atoms with van der Waals surface area (Å²) in [6.07, 6.45) is 0.677. The van der Waals surface area contributed by atoms with Gasteiger partial charge in [-0.15, -0.1) is 0 Å². The lowest BCUT2D eigenvalue weighted by Crippen LogP contribution is -2.47. The predicted molar refractivity (Wildman–Crippen MR) is 71.3 cm³/mol. The highest BCUT2D eigenvalue weighted by Gasteiger charge is 2.35. The van der Waals surface area contributed by atoms with E-state index in [0.29, 0.717) is 12.8 Å². The van der Waals surface area contributed by atoms with Crippen molar-refractivity contribution in [1.29, 1.82) is 0 Å². The monoisotopic (exact) mass is 322 g/mol. The quantitative estimate of drug-likeness (QED) is 0.863. The maximum absolute atomic E-state index is 13.6. The number of sulfonamides is 2. The number of hydrogen-bond acceptors (Lipinski definition) is 4. The van der Waals surface area contributed by atoms with E-state index >= 15 is 0 Å². The van der Waals surface area contributed by atoms with Crippen molar-refractivity contribution in [2.24, 2.45) is 5.14 Å². The minimum Gasteiger partial charge on any atom is -0.228 e. The third kappa shape index (κ3) is 3.00. The van der Waals surface area contributed by atoms with Crippen LogP contribution in [0, 0.1) is 5.82 Å². The van der Waals surface area contributed by atoms with Crippen LogP contribution in [-0.2, 0) is 20.0 Å². The van der Waals surface area contributed by atoms with E-state index in [1.54, 1.807) is 0 Å². The Morgan fingerprint density at radius 2 is 1.85 bits per heavy atom. The molecule has 0 bridgehead atoms. The van der Waals surface area contributed by atoms with Crippen LogP contribution in [0.15, 0.2) is 29.2 Å². The van der Waals surface area contributed by atoms with Gasteiger partial charge in [0.25, 0.3) is 0 Å². The molecular weight excluding hydrogens is 307 g/mol. The van der Waals surface area contributed by atoms with Crippen LogP contribution in [0.2, 0.25) is 0 Å². The lowest BCUT2D eigenvalue weighted by molar-refractivity contribution is 0.344. The topological polar surface area (TPSA) is 97.5 Å². The fraction of sp³-hybridized carbons (Fsp3) is 0.455. The van der Waals surface area contributed by atoms with Crippen LogP contribution in [-0.4, -0.2) is 39.5 Å². The Hall–Kier alpha value is -1.03. The minimum absolute atomic E-state index is 0.155. The van der Waals surface area contributed by atoms with Crippen molar-refractivity contribution < 1.29 is 21.2 Å². The van der Waals surface area contributed by atoms with Crippen LogP contribution in [0.4, 0.5) is 4.39 Å². The van der Waals surface area contributed by atoms with Crippen molar-refractivity contribution in [1.82, 2.24) is 4.31 Å². The average Bonchev–Trinajstić information content (AvgIpc) is 2.38. The van der Waals surface area contributed by atoms with Crippen molar-refractivity contribution in [3.63, 3.8) is 0 Å². The largest absolute Gasteiger partial charge is 0.246 e. The zero-order valence-electron chi connectivity index (χ0n) is 10.6. The average molecular weight is 322 g/mol. The maximum atomic E-state index is 13.6. The molecule has 2 N–H and O–H groups in total. The Balaban J connectivity index is 2.33. The van der Waals surface area contributed by atoms with Gasteiger partial charge in [-0.3, -0.25) is 0 Å². The van der Waals surface area contributed by atoms with Gasteiger partial charge in [-0.05, 0) is 25.0 Å². The standard InChI is InChI=1S/C11H15FN2O4S2/c12-10-5-1-2-6-11(10)20(17,18)14-7-3-4-9(8-14)19(13,15)16/h1-2,5-6,9H,3-4,7-8H2,(H2,13,15,16). The molecule has 1 saturated heterocycles. The molecule has 1 aromatic carbocycles. The van der Waals surface area contributed by atoms with Crippen LogP contribution < -0.4 is 5.14 Å². The van der Waals surface area contributed by atoms with Gasteiger partial charge in [0, 0.05) is 13.1 Å². The Kier molecular flexibility index (Phi) is 4.14. The van der Waals surface area contributed by atoms with Gasteiger partial charge in [0.2, 0.25) is 20.0 Å². The number of piperidine rings is 1. The summed E-state index contributed by atoms with van der Waals surface area (Å²) in [6, 6.07) is 5.01. The van der Waals surface area contributed by atoms with Gasteiger partial charge < -0.3 is 0 Å². The van der Waals surface area contributed by atoms with Crippen LogP contribution >= 0.6 is 0 Å². The fourth-order valence-electron chi connectivity index (χ4n) is 2.18. The maximum Gasteiger partial charge on any atom is 0.246 e. The second-order valence-corrected chi connectivity index (χ2v) is 8.40. The molecule has 9 heteroatoms. The van der Waals surface area contributed by atoms with E-state index in [1.807, 2.05) is 0 Å². The molecule has 0 radical (unpaired) electrons. The number of rotatable bonds is 3. The molecule has 1 aromatic rings. The highest BCUT2D eigenvalue weighted by Crippen LogP contribution is 2.24. The van der Waals surface area contributed by atoms with E-state index in [4.69, 9.17) is 5.14 Å². The van der Waals surface area contributed by atoms with E-state index in [0.717, 1.165) is 16.4 Å². The number of halogens is 1. The lowest BCUT2D eigenvalue weighted by atomic mass is 10.2. The van der Waals surface area contributed by atoms with Gasteiger partial charge in [0.15, 0.2) is 0 Å². The van der Waals surface area contributed by atoms with Gasteiger partial charge >= 0.3 is 0 Å². The normalized spacial score (nSPS) is 21.8. The van der Waals surface area contributed by atoms with Crippen molar-refractivity contribution in [3.8, 4) is 0 Å². The molecule has 0 aliphatic carbocycles. The molecule has 20 heavy (non-hydrogen) atoms. The van der Waals surface area contributed by atoms with Crippen molar-refractivity contribution in [2.75, 3.05) is 13.1 Å². The highest BCUT2D eigenvalue weighted by molar-refractivity contribution is 7.90. The molecule has 2 rings (SSSR count). The molecule has 1 fully saturated rings. The van der Waals surface area contributed by atoms with Crippen molar-refractivity contribution in [2.45, 2.75) is 23.0 Å². The van der Waals surface area contributed by atoms with E-state index in [2.05, 4.69) is 0 Å². The minimum atomic E-state index is -4.05. The number of nitrogens with zero attached hydrogens (tertiary/aromatic N) is 1. The highest BCUT2D eigenvalue weighted by atomic mass is 32.2. The van der Waals surface area contributed by atoms with Crippen LogP contribution in [0.1, 0.15) is 12.8 Å². The number of hydrogen-bond donors (Lipinski definition) is 1. The second kappa shape index (κ2) is 5.40. The number of nitrogens with two attached hydrogens (primary N) is 1. The fourth-order valence-corrected chi connectivity index (χ4v) is 4.75. The molecular formula is C11H15FN2O4S2. The third-order valence-electron chi connectivity index (χ3n) is 3.26. The summed E-state index contributed by atoms with van der Waals surface area (Å²) in [4.78, 5) is -0.449. The molecule has 6 nitrogen and oxygen atoms in total. The van der Waals surface area contributed by atoms with Crippen LogP contribution in [0.5, 0.6) is 0 Å². The zero-order valence-corrected chi connectivity index (χ0v) is 12.2. The summed E-state index contributed by atoms with van der Waals surface area (Å²) in [6.45, 7) is -0.0851. The van der Waals surface area contributed by atoms with Crippen molar-refractivity contribution >= 4 is 20.0 Å². The smallest absolute Gasteiger partial charge is 0.228 e. The zero-order chi connectivity index (χ0) is 15.0. The van der Waals surface area contributed by atoms with Gasteiger partial charge in [-0.1, -0.05) is 12.1 Å². The molecule has 1 unspecified atom stereocenters. The SMILES string of the molecule is NS(=O)(=O)C1CCCN(S(=O)(=O)c2ccccc2F)C1. The second-order valence-electron chi connectivity index (χ2n) is 4.65. The van der Waals surface area contributed by atoms with E-state index < -0.39 is 36.0 Å². The first kappa shape index (κ1) is 15.4. The summed E-state index contributed by atoms with van der Waals surface area (Å²) < 4.78 is 61.9. The molecule has 1 atom stereocenters. The molecule has 0 amide bonds. The van der Waals surface area contributed by atoms with Gasteiger partial charge in [0.1, 0.15) is 10.7 Å². The first-order valence-electron chi connectivity index (χ1n) is 5.99. The number of benzene rings is 1. The Bertz CT molecular complexity index is 703. The summed E-state index contributed by atoms with van der Waals surface area (Å²) in [5.74, 6) is -0.856. The first-order chi connectivity index (χ1) is 9.23. The summed E-state index contributed by atoms with van der Waals surface area (Å²) >= 11 is 0. The van der Waals surface area contributed by atoms with E-state index in [9.17, 15) is 21.2 Å². The molecule has 1 aliphatic rings. The molecule has 0 aromatic heterocycles. The third-order valence-corrected chi connectivity index (χ3v) is 6.47. The van der Waals surface area contributed by atoms with Gasteiger partial charge in [-0.25, -0.2) is 26.4 Å². The first-order valence-corrected chi connectivity index (χ1v) is 9.04. The molecule has 112 valence electrons. The van der Waals surface area contributed by atoms with Gasteiger partial charge in [0.05, 0.1) is 5.25 Å². The van der Waals surface area contributed by atoms with Crippen LogP contribution in [0.25, 0.3) is 0 Å². The Morgan fingerprint density at radius 1 is 1.20 bits per heavy atom. The predicted octanol–water partition coefficient (Wildman–Crippen LogP) is 0.267. The molecule has 1 aliphatic heterocycles. The summed E-state index contributed by atoms with van der Waals surface area (Å²) in [5, 5.41) is 4.11. The van der Waals surface area contributed by atoms with Crippen LogP contribution in [0.3, 0.4) is 0 Å². The summed E-state index contributed by atoms with van der Waals surface area (Å²) in [7, 11) is -7.86. The molecule has 1 heterocycles. The van der Waals surface area contributed by atoms with E-state index in [-0.39, 0.29) is 13.1 Å². The summed E-state index contributed by atoms with van der Waals surface area (Å²) in [5.41, 5.74) is 0. The Morgan fingerprint density at radius 3 is 2.45 bits per heavy atom. The lowest BCUT2D eigenvalue weighted by Gasteiger charge is -2.30. The Labute approximate surface area is 117 Å². The van der Waals surface area contributed by atoms with Crippen molar-refractivity contribution in [3.05, 3.63) is 30.1 Å². The molecule has 0 saturated carbocycles. The van der Waals surface area contributed by atoms with Gasteiger partial charge in [-0.2, -0.15) is 4.31 Å². The van der Waals surface area contributed by atoms with E-state index in [1.165, 1.54) is 12.1 Å². The number of primary sulfonamides is 1. The molecule has 0 spiro atoms.